The van der Waals surface area contributed by atoms with E-state index in [1.165, 1.54) is 41.5 Å². The van der Waals surface area contributed by atoms with Gasteiger partial charge in [0.15, 0.2) is 0 Å². The van der Waals surface area contributed by atoms with Crippen LogP contribution in [0, 0.1) is 5.92 Å². The van der Waals surface area contributed by atoms with Crippen LogP contribution in [0.1, 0.15) is 150 Å². The lowest BCUT2D eigenvalue weighted by molar-refractivity contribution is 0.436. The van der Waals surface area contributed by atoms with E-state index in [9.17, 15) is 4.89 Å². The SMILES string of the molecule is CCCCC(CC)Cc1c(C(C)(C)C)cc2c(op(O)oc3c(C(C)(C)C)cc(C(C)(C)C)cc32)c1C(C)(C)C. The molecule has 40 heavy (non-hydrogen) atoms. The summed E-state index contributed by atoms with van der Waals surface area (Å²) in [6, 6.07) is 6.94. The molecule has 0 aliphatic rings. The van der Waals surface area contributed by atoms with Crippen molar-refractivity contribution < 1.29 is 13.3 Å². The maximum atomic E-state index is 11.3. The van der Waals surface area contributed by atoms with Gasteiger partial charge in [0.25, 0.3) is 0 Å². The molecule has 0 aliphatic carbocycles. The molecule has 0 aliphatic heterocycles. The lowest BCUT2D eigenvalue weighted by Gasteiger charge is -2.32. The van der Waals surface area contributed by atoms with Gasteiger partial charge >= 0.3 is 8.24 Å². The average Bonchev–Trinajstić information content (AvgIpc) is 2.92. The number of benzene rings is 2. The molecule has 4 heteroatoms. The van der Waals surface area contributed by atoms with Crippen LogP contribution in [0.15, 0.2) is 26.6 Å². The van der Waals surface area contributed by atoms with Crippen LogP contribution in [-0.4, -0.2) is 4.89 Å². The number of hydrogen-bond acceptors (Lipinski definition) is 3. The molecule has 3 rings (SSSR count). The Morgan fingerprint density at radius 2 is 1.25 bits per heavy atom. The number of hydrogen-bond donors (Lipinski definition) is 1. The third-order valence-electron chi connectivity index (χ3n) is 8.37. The summed E-state index contributed by atoms with van der Waals surface area (Å²) in [6.45, 7) is 31.9. The largest absolute Gasteiger partial charge is 0.399 e. The molecule has 1 heterocycles. The Labute approximate surface area is 245 Å². The van der Waals surface area contributed by atoms with Gasteiger partial charge < -0.3 is 8.39 Å². The van der Waals surface area contributed by atoms with Gasteiger partial charge in [0.1, 0.15) is 11.2 Å². The van der Waals surface area contributed by atoms with E-state index in [0.29, 0.717) is 5.92 Å². The van der Waals surface area contributed by atoms with E-state index in [1.54, 1.807) is 0 Å². The third kappa shape index (κ3) is 7.01. The molecule has 3 nitrogen and oxygen atoms in total. The van der Waals surface area contributed by atoms with E-state index in [0.717, 1.165) is 40.3 Å². The quantitative estimate of drug-likeness (QED) is 0.322. The molecule has 224 valence electrons. The van der Waals surface area contributed by atoms with Crippen molar-refractivity contribution in [1.29, 1.82) is 0 Å². The molecule has 1 aromatic heterocycles. The molecule has 0 amide bonds. The van der Waals surface area contributed by atoms with E-state index < -0.39 is 8.24 Å². The van der Waals surface area contributed by atoms with Gasteiger partial charge in [-0.05, 0) is 62.8 Å². The summed E-state index contributed by atoms with van der Waals surface area (Å²) in [4.78, 5) is 11.3. The topological polar surface area (TPSA) is 46.5 Å². The maximum absolute atomic E-state index is 11.3. The lowest BCUT2D eigenvalue weighted by atomic mass is 9.72. The van der Waals surface area contributed by atoms with Crippen LogP contribution in [0.2, 0.25) is 0 Å². The van der Waals surface area contributed by atoms with E-state index >= 15 is 0 Å². The Kier molecular flexibility index (Phi) is 9.45. The van der Waals surface area contributed by atoms with Gasteiger partial charge in [-0.15, -0.1) is 0 Å². The monoisotopic (exact) mass is 568 g/mol. The second-order valence-electron chi connectivity index (χ2n) is 16.1. The maximum Gasteiger partial charge on any atom is 0.384 e. The average molecular weight is 569 g/mol. The molecule has 0 saturated carbocycles. The first-order chi connectivity index (χ1) is 18.2. The lowest BCUT2D eigenvalue weighted by Crippen LogP contribution is -2.23. The highest BCUT2D eigenvalue weighted by Gasteiger charge is 2.32. The Morgan fingerprint density at radius 1 is 0.700 bits per heavy atom. The molecule has 0 radical (unpaired) electrons. The summed E-state index contributed by atoms with van der Waals surface area (Å²) in [5, 5.41) is 2.08. The highest BCUT2D eigenvalue weighted by molar-refractivity contribution is 7.30. The third-order valence-corrected chi connectivity index (χ3v) is 9.05. The highest BCUT2D eigenvalue weighted by Crippen LogP contribution is 2.47. The molecular formula is C36H57O3P. The Balaban J connectivity index is 2.69. The summed E-state index contributed by atoms with van der Waals surface area (Å²) in [5.74, 6) is 0.616. The zero-order chi connectivity index (χ0) is 30.4. The number of rotatable bonds is 6. The predicted molar refractivity (Wildman–Crippen MR) is 176 cm³/mol. The first-order valence-electron chi connectivity index (χ1n) is 15.4. The fraction of sp³-hybridized carbons (Fsp3) is 0.667. The summed E-state index contributed by atoms with van der Waals surface area (Å²) in [7, 11) is -2.14. The zero-order valence-electron chi connectivity index (χ0n) is 28.1. The molecule has 0 spiro atoms. The molecule has 0 saturated heterocycles. The van der Waals surface area contributed by atoms with Crippen LogP contribution in [0.4, 0.5) is 0 Å². The van der Waals surface area contributed by atoms with Gasteiger partial charge in [-0.1, -0.05) is 129 Å². The molecule has 2 aromatic carbocycles. The van der Waals surface area contributed by atoms with Crippen LogP contribution >= 0.6 is 8.24 Å². The zero-order valence-corrected chi connectivity index (χ0v) is 29.0. The normalized spacial score (nSPS) is 14.7. The van der Waals surface area contributed by atoms with E-state index in [4.69, 9.17) is 8.39 Å². The molecule has 2 unspecified atom stereocenters. The summed E-state index contributed by atoms with van der Waals surface area (Å²) >= 11 is 0. The van der Waals surface area contributed by atoms with E-state index in [-0.39, 0.29) is 21.7 Å². The molecular weight excluding hydrogens is 511 g/mol. The van der Waals surface area contributed by atoms with Crippen LogP contribution in [0.25, 0.3) is 21.9 Å². The molecule has 0 fully saturated rings. The van der Waals surface area contributed by atoms with Crippen molar-refractivity contribution in [2.75, 3.05) is 0 Å². The molecule has 2 atom stereocenters. The van der Waals surface area contributed by atoms with Crippen LogP contribution in [0.3, 0.4) is 0 Å². The van der Waals surface area contributed by atoms with Crippen molar-refractivity contribution in [3.05, 3.63) is 46.0 Å². The summed E-state index contributed by atoms with van der Waals surface area (Å²) in [5.41, 5.74) is 7.49. The van der Waals surface area contributed by atoms with Gasteiger partial charge in [0.05, 0.1) is 0 Å². The van der Waals surface area contributed by atoms with E-state index in [2.05, 4.69) is 115 Å². The second kappa shape index (κ2) is 11.5. The molecule has 3 aromatic rings. The van der Waals surface area contributed by atoms with Crippen LogP contribution in [0.5, 0.6) is 0 Å². The van der Waals surface area contributed by atoms with Gasteiger partial charge in [-0.3, -0.25) is 4.89 Å². The summed E-state index contributed by atoms with van der Waals surface area (Å²) < 4.78 is 12.8. The van der Waals surface area contributed by atoms with E-state index in [1.807, 2.05) is 0 Å². The fourth-order valence-electron chi connectivity index (χ4n) is 6.00. The minimum Gasteiger partial charge on any atom is -0.399 e. The van der Waals surface area contributed by atoms with Gasteiger partial charge in [-0.2, -0.15) is 0 Å². The number of unbranched alkanes of at least 4 members (excludes halogenated alkanes) is 1. The Morgan fingerprint density at radius 3 is 1.73 bits per heavy atom. The summed E-state index contributed by atoms with van der Waals surface area (Å²) in [6.07, 6.45) is 5.90. The van der Waals surface area contributed by atoms with Gasteiger partial charge in [0.2, 0.25) is 0 Å². The minimum absolute atomic E-state index is 0.0421. The standard InChI is InChI=1S/C36H57O3P/c1-15-17-18-23(16-2)19-27-28(34(6,7)8)22-26-25-20-24(33(3,4)5)21-29(35(9,10)11)31(25)38-40(37)39-32(26)30(27)36(12,13)14/h20-23,37H,15-19H2,1-14H3. The van der Waals surface area contributed by atoms with Crippen molar-refractivity contribution in [2.24, 2.45) is 5.92 Å². The Hall–Kier alpha value is -1.70. The fourth-order valence-corrected chi connectivity index (χ4v) is 6.73. The van der Waals surface area contributed by atoms with Crippen molar-refractivity contribution in [2.45, 2.75) is 151 Å². The van der Waals surface area contributed by atoms with Crippen molar-refractivity contribution >= 4 is 30.2 Å². The first kappa shape index (κ1) is 32.8. The predicted octanol–water partition coefficient (Wildman–Crippen LogP) is 12.0. The first-order valence-corrected chi connectivity index (χ1v) is 16.6. The van der Waals surface area contributed by atoms with Gasteiger partial charge in [0, 0.05) is 21.9 Å². The van der Waals surface area contributed by atoms with Crippen molar-refractivity contribution in [1.82, 2.24) is 0 Å². The Bertz CT molecular complexity index is 1380. The number of fused-ring (bicyclic) bond motifs is 3. The molecule has 0 bridgehead atoms. The van der Waals surface area contributed by atoms with Crippen LogP contribution < -0.4 is 0 Å². The molecule has 1 N–H and O–H groups in total. The second-order valence-corrected chi connectivity index (χ2v) is 16.9. The minimum atomic E-state index is -2.14. The van der Waals surface area contributed by atoms with Crippen molar-refractivity contribution in [3.8, 4) is 0 Å². The van der Waals surface area contributed by atoms with Crippen molar-refractivity contribution in [3.63, 3.8) is 0 Å². The highest BCUT2D eigenvalue weighted by atomic mass is 31.1. The smallest absolute Gasteiger partial charge is 0.384 e. The van der Waals surface area contributed by atoms with Crippen LogP contribution in [-0.2, 0) is 28.1 Å². The van der Waals surface area contributed by atoms with Gasteiger partial charge in [-0.25, -0.2) is 0 Å².